The highest BCUT2D eigenvalue weighted by Gasteiger charge is 2.17. The number of aromatic nitrogens is 2. The van der Waals surface area contributed by atoms with Gasteiger partial charge in [0.1, 0.15) is 0 Å². The Kier molecular flexibility index (Phi) is 5.87. The van der Waals surface area contributed by atoms with Gasteiger partial charge in [-0.05, 0) is 50.5 Å². The lowest BCUT2D eigenvalue weighted by molar-refractivity contribution is 0.252. The van der Waals surface area contributed by atoms with Gasteiger partial charge in [0.25, 0.3) is 0 Å². The summed E-state index contributed by atoms with van der Waals surface area (Å²) < 4.78 is 0. The molecule has 146 valence electrons. The molecule has 4 heterocycles. The highest BCUT2D eigenvalue weighted by molar-refractivity contribution is 7.16. The van der Waals surface area contributed by atoms with Crippen LogP contribution in [0.4, 0.5) is 16.3 Å². The number of thiazole rings is 1. The Labute approximate surface area is 172 Å². The molecule has 1 aliphatic heterocycles. The number of carbonyl (C=O) groups is 1. The molecule has 2 N–H and O–H groups in total. The van der Waals surface area contributed by atoms with Crippen LogP contribution in [-0.4, -0.2) is 35.6 Å². The molecule has 1 fully saturated rings. The van der Waals surface area contributed by atoms with Crippen molar-refractivity contribution in [1.82, 2.24) is 15.3 Å². The molecular formula is C20H23N5OS2. The maximum atomic E-state index is 12.3. The average molecular weight is 414 g/mol. The van der Waals surface area contributed by atoms with Gasteiger partial charge in [0.05, 0.1) is 21.3 Å². The van der Waals surface area contributed by atoms with Crippen LogP contribution in [-0.2, 0) is 6.42 Å². The summed E-state index contributed by atoms with van der Waals surface area (Å²) in [6, 6.07) is 7.78. The maximum Gasteiger partial charge on any atom is 0.319 e. The third kappa shape index (κ3) is 4.51. The smallest absolute Gasteiger partial charge is 0.319 e. The first-order valence-electron chi connectivity index (χ1n) is 9.45. The third-order valence-electron chi connectivity index (χ3n) is 4.63. The number of nitrogens with zero attached hydrogens (tertiary/aromatic N) is 3. The maximum absolute atomic E-state index is 12.3. The molecule has 0 unspecified atom stereocenters. The molecule has 1 aliphatic rings. The number of rotatable bonds is 6. The lowest BCUT2D eigenvalue weighted by Crippen LogP contribution is -2.31. The summed E-state index contributed by atoms with van der Waals surface area (Å²) in [6.45, 7) is 4.59. The predicted molar refractivity (Wildman–Crippen MR) is 117 cm³/mol. The van der Waals surface area contributed by atoms with Gasteiger partial charge in [-0.25, -0.2) is 14.8 Å². The lowest BCUT2D eigenvalue weighted by Gasteiger charge is -2.20. The van der Waals surface area contributed by atoms with Crippen molar-refractivity contribution in [2.75, 3.05) is 29.9 Å². The topological polar surface area (TPSA) is 70.1 Å². The van der Waals surface area contributed by atoms with E-state index in [-0.39, 0.29) is 6.03 Å². The monoisotopic (exact) mass is 413 g/mol. The zero-order valence-electron chi connectivity index (χ0n) is 15.8. The minimum absolute atomic E-state index is 0.194. The van der Waals surface area contributed by atoms with E-state index in [0.717, 1.165) is 41.7 Å². The summed E-state index contributed by atoms with van der Waals surface area (Å²) in [5.74, 6) is 0.858. The van der Waals surface area contributed by atoms with Crippen molar-refractivity contribution < 1.29 is 4.79 Å². The number of hydrogen-bond donors (Lipinski definition) is 2. The molecule has 3 aromatic rings. The second-order valence-corrected chi connectivity index (χ2v) is 8.95. The zero-order chi connectivity index (χ0) is 19.3. The molecule has 6 nitrogen and oxygen atoms in total. The molecule has 3 aromatic heterocycles. The van der Waals surface area contributed by atoms with E-state index in [1.165, 1.54) is 22.6 Å². The van der Waals surface area contributed by atoms with Crippen LogP contribution in [0.1, 0.15) is 22.7 Å². The number of urea groups is 1. The van der Waals surface area contributed by atoms with Gasteiger partial charge in [0.15, 0.2) is 5.82 Å². The molecule has 0 atom stereocenters. The zero-order valence-corrected chi connectivity index (χ0v) is 17.4. The van der Waals surface area contributed by atoms with Gasteiger partial charge in [0, 0.05) is 36.1 Å². The minimum Gasteiger partial charge on any atom is -0.355 e. The summed E-state index contributed by atoms with van der Waals surface area (Å²) in [5, 5.41) is 9.06. The number of anilines is 2. The van der Waals surface area contributed by atoms with Crippen molar-refractivity contribution in [3.63, 3.8) is 0 Å². The first-order valence-corrected chi connectivity index (χ1v) is 11.1. The van der Waals surface area contributed by atoms with E-state index < -0.39 is 0 Å². The van der Waals surface area contributed by atoms with Crippen LogP contribution >= 0.6 is 22.7 Å². The van der Waals surface area contributed by atoms with Gasteiger partial charge in [-0.1, -0.05) is 0 Å². The predicted octanol–water partition coefficient (Wildman–Crippen LogP) is 4.54. The fraction of sp³-hybridized carbons (Fsp3) is 0.350. The quantitative estimate of drug-likeness (QED) is 0.622. The number of nitrogens with one attached hydrogen (secondary N) is 2. The van der Waals surface area contributed by atoms with E-state index in [1.54, 1.807) is 28.9 Å². The fourth-order valence-corrected chi connectivity index (χ4v) is 4.92. The van der Waals surface area contributed by atoms with Crippen LogP contribution < -0.4 is 15.5 Å². The van der Waals surface area contributed by atoms with Crippen LogP contribution in [0.3, 0.4) is 0 Å². The number of hydrogen-bond acceptors (Lipinski definition) is 6. The lowest BCUT2D eigenvalue weighted by atomic mass is 10.3. The van der Waals surface area contributed by atoms with Gasteiger partial charge in [-0.15, -0.1) is 22.7 Å². The first kappa shape index (κ1) is 18.9. The Bertz CT molecular complexity index is 945. The minimum atomic E-state index is -0.194. The molecule has 0 saturated carbocycles. The first-order chi connectivity index (χ1) is 13.7. The Morgan fingerprint density at radius 1 is 1.25 bits per heavy atom. The fourth-order valence-electron chi connectivity index (χ4n) is 3.27. The molecule has 0 spiro atoms. The Morgan fingerprint density at radius 2 is 2.11 bits per heavy atom. The molecule has 1 saturated heterocycles. The standard InChI is InChI=1S/C20H23N5OS2/c1-14-23-17(13-27-14)18-7-6-15(28-18)8-10-22-20(26)24-16-5-4-9-21-19(16)25-11-2-3-12-25/h4-7,9,13H,2-3,8,10-12H2,1H3,(H2,22,24,26). The van der Waals surface area contributed by atoms with Crippen LogP contribution in [0.15, 0.2) is 35.8 Å². The van der Waals surface area contributed by atoms with Crippen LogP contribution in [0.2, 0.25) is 0 Å². The normalized spacial score (nSPS) is 13.7. The molecule has 0 aliphatic carbocycles. The van der Waals surface area contributed by atoms with Crippen molar-refractivity contribution in [2.45, 2.75) is 26.2 Å². The second kappa shape index (κ2) is 8.70. The number of thiophene rings is 1. The van der Waals surface area contributed by atoms with Crippen molar-refractivity contribution in [1.29, 1.82) is 0 Å². The van der Waals surface area contributed by atoms with E-state index in [1.807, 2.05) is 19.1 Å². The third-order valence-corrected chi connectivity index (χ3v) is 6.57. The van der Waals surface area contributed by atoms with E-state index >= 15 is 0 Å². The van der Waals surface area contributed by atoms with Crippen molar-refractivity contribution in [3.05, 3.63) is 45.7 Å². The summed E-state index contributed by atoms with van der Waals surface area (Å²) >= 11 is 3.39. The molecule has 0 bridgehead atoms. The van der Waals surface area contributed by atoms with Crippen LogP contribution in [0.25, 0.3) is 10.6 Å². The molecule has 4 rings (SSSR count). The van der Waals surface area contributed by atoms with Crippen molar-refractivity contribution >= 4 is 40.2 Å². The van der Waals surface area contributed by atoms with Crippen molar-refractivity contribution in [3.8, 4) is 10.6 Å². The summed E-state index contributed by atoms with van der Waals surface area (Å²) in [4.78, 5) is 25.9. The van der Waals surface area contributed by atoms with Crippen molar-refractivity contribution in [2.24, 2.45) is 0 Å². The molecule has 0 radical (unpaired) electrons. The van der Waals surface area contributed by atoms with E-state index in [2.05, 4.69) is 43.0 Å². The number of amides is 2. The molecule has 0 aromatic carbocycles. The number of carbonyl (C=O) groups excluding carboxylic acids is 1. The number of aryl methyl sites for hydroxylation is 1. The van der Waals surface area contributed by atoms with Gasteiger partial charge in [0.2, 0.25) is 0 Å². The summed E-state index contributed by atoms with van der Waals surface area (Å²) in [7, 11) is 0. The van der Waals surface area contributed by atoms with Crippen LogP contribution in [0, 0.1) is 6.92 Å². The molecular weight excluding hydrogens is 390 g/mol. The molecule has 28 heavy (non-hydrogen) atoms. The Morgan fingerprint density at radius 3 is 2.89 bits per heavy atom. The van der Waals surface area contributed by atoms with Gasteiger partial charge in [-0.3, -0.25) is 0 Å². The van der Waals surface area contributed by atoms with E-state index in [9.17, 15) is 4.79 Å². The van der Waals surface area contributed by atoms with Gasteiger partial charge >= 0.3 is 6.03 Å². The van der Waals surface area contributed by atoms with Gasteiger partial charge < -0.3 is 15.5 Å². The molecule has 2 amide bonds. The second-order valence-electron chi connectivity index (χ2n) is 6.72. The molecule has 8 heteroatoms. The highest BCUT2D eigenvalue weighted by Crippen LogP contribution is 2.29. The van der Waals surface area contributed by atoms with E-state index in [4.69, 9.17) is 0 Å². The SMILES string of the molecule is Cc1nc(-c2ccc(CCNC(=O)Nc3cccnc3N3CCCC3)s2)cs1. The number of pyridine rings is 1. The Balaban J connectivity index is 1.29. The van der Waals surface area contributed by atoms with Gasteiger partial charge in [-0.2, -0.15) is 0 Å². The Hall–Kier alpha value is -2.45. The summed E-state index contributed by atoms with van der Waals surface area (Å²) in [5.41, 5.74) is 1.80. The van der Waals surface area contributed by atoms with E-state index in [0.29, 0.717) is 6.54 Å². The highest BCUT2D eigenvalue weighted by atomic mass is 32.1. The average Bonchev–Trinajstić information content (AvgIpc) is 3.44. The van der Waals surface area contributed by atoms with Crippen LogP contribution in [0.5, 0.6) is 0 Å². The largest absolute Gasteiger partial charge is 0.355 e. The summed E-state index contributed by atoms with van der Waals surface area (Å²) in [6.07, 6.45) is 4.92.